The molecule has 2 rings (SSSR count). The largest absolute Gasteiger partial charge is 0.417 e. The molecule has 0 radical (unpaired) electrons. The quantitative estimate of drug-likeness (QED) is 0.919. The lowest BCUT2D eigenvalue weighted by Gasteiger charge is -2.11. The van der Waals surface area contributed by atoms with Gasteiger partial charge in [0.25, 0.3) is 0 Å². The second-order valence-corrected chi connectivity index (χ2v) is 4.44. The Bertz CT molecular complexity index is 566. The average Bonchev–Trinajstić information content (AvgIpc) is 2.76. The fraction of sp³-hybridized carbons (Fsp3) is 0.182. The molecule has 1 aromatic heterocycles. The Morgan fingerprint density at radius 2 is 2.00 bits per heavy atom. The van der Waals surface area contributed by atoms with E-state index in [9.17, 15) is 13.2 Å². The molecule has 0 aliphatic rings. The number of halogens is 4. The molecule has 1 aromatic carbocycles. The lowest BCUT2D eigenvalue weighted by atomic mass is 10.0. The predicted octanol–water partition coefficient (Wildman–Crippen LogP) is 3.62. The first kappa shape index (κ1) is 13.1. The summed E-state index contributed by atoms with van der Waals surface area (Å²) in [6.45, 7) is -0.412. The minimum absolute atomic E-state index is 0.0406. The normalized spacial score (nSPS) is 11.8. The molecule has 7 heteroatoms. The summed E-state index contributed by atoms with van der Waals surface area (Å²) in [5, 5.41) is 12.3. The van der Waals surface area contributed by atoms with Gasteiger partial charge in [0.2, 0.25) is 0 Å². The van der Waals surface area contributed by atoms with Gasteiger partial charge < -0.3 is 9.63 Å². The first-order valence-corrected chi connectivity index (χ1v) is 5.64. The zero-order chi connectivity index (χ0) is 13.3. The Morgan fingerprint density at radius 1 is 1.28 bits per heavy atom. The van der Waals surface area contributed by atoms with Crippen LogP contribution in [0.3, 0.4) is 0 Å². The molecule has 2 aromatic rings. The van der Waals surface area contributed by atoms with Crippen LogP contribution in [0.1, 0.15) is 11.3 Å². The van der Waals surface area contributed by atoms with Gasteiger partial charge in [0, 0.05) is 16.1 Å². The summed E-state index contributed by atoms with van der Waals surface area (Å²) in [6, 6.07) is 5.03. The van der Waals surface area contributed by atoms with E-state index in [0.717, 1.165) is 6.07 Å². The van der Waals surface area contributed by atoms with Gasteiger partial charge in [0.1, 0.15) is 12.3 Å². The highest BCUT2D eigenvalue weighted by molar-refractivity contribution is 9.10. The number of benzene rings is 1. The van der Waals surface area contributed by atoms with Crippen molar-refractivity contribution in [2.75, 3.05) is 0 Å². The van der Waals surface area contributed by atoms with Crippen molar-refractivity contribution in [1.29, 1.82) is 0 Å². The third-order valence-corrected chi connectivity index (χ3v) is 2.77. The number of hydrogen-bond acceptors (Lipinski definition) is 3. The van der Waals surface area contributed by atoms with Crippen molar-refractivity contribution in [1.82, 2.24) is 5.16 Å². The topological polar surface area (TPSA) is 46.3 Å². The van der Waals surface area contributed by atoms with Crippen molar-refractivity contribution in [3.8, 4) is 11.3 Å². The minimum Gasteiger partial charge on any atom is -0.388 e. The van der Waals surface area contributed by atoms with Gasteiger partial charge in [-0.3, -0.25) is 0 Å². The average molecular weight is 322 g/mol. The van der Waals surface area contributed by atoms with Gasteiger partial charge in [-0.2, -0.15) is 13.2 Å². The molecular formula is C11H7BrF3NO2. The number of aromatic nitrogens is 1. The number of hydrogen-bond donors (Lipinski definition) is 1. The van der Waals surface area contributed by atoms with E-state index in [2.05, 4.69) is 25.6 Å². The van der Waals surface area contributed by atoms with Crippen molar-refractivity contribution in [2.45, 2.75) is 12.8 Å². The van der Waals surface area contributed by atoms with E-state index in [1.807, 2.05) is 0 Å². The molecule has 0 bridgehead atoms. The lowest BCUT2D eigenvalue weighted by molar-refractivity contribution is -0.137. The van der Waals surface area contributed by atoms with Gasteiger partial charge in [-0.15, -0.1) is 0 Å². The van der Waals surface area contributed by atoms with Crippen LogP contribution in [0.4, 0.5) is 13.2 Å². The highest BCUT2D eigenvalue weighted by atomic mass is 79.9. The van der Waals surface area contributed by atoms with E-state index in [4.69, 9.17) is 5.11 Å². The maximum atomic E-state index is 12.9. The van der Waals surface area contributed by atoms with Crippen molar-refractivity contribution in [2.24, 2.45) is 0 Å². The van der Waals surface area contributed by atoms with Crippen LogP contribution < -0.4 is 0 Å². The highest BCUT2D eigenvalue weighted by Crippen LogP contribution is 2.38. The van der Waals surface area contributed by atoms with E-state index in [1.165, 1.54) is 18.2 Å². The van der Waals surface area contributed by atoms with Crippen LogP contribution in [0.25, 0.3) is 11.3 Å². The number of rotatable bonds is 2. The fourth-order valence-corrected chi connectivity index (χ4v) is 1.85. The van der Waals surface area contributed by atoms with E-state index >= 15 is 0 Å². The van der Waals surface area contributed by atoms with Gasteiger partial charge in [0.15, 0.2) is 5.76 Å². The van der Waals surface area contributed by atoms with E-state index in [-0.39, 0.29) is 17.0 Å². The summed E-state index contributed by atoms with van der Waals surface area (Å²) in [5.74, 6) is 0.112. The van der Waals surface area contributed by atoms with Crippen LogP contribution in [-0.4, -0.2) is 10.3 Å². The van der Waals surface area contributed by atoms with Crippen LogP contribution in [0.15, 0.2) is 33.3 Å². The number of aliphatic hydroxyl groups is 1. The Morgan fingerprint density at radius 3 is 2.56 bits per heavy atom. The monoisotopic (exact) mass is 321 g/mol. The molecule has 0 atom stereocenters. The SMILES string of the molecule is OCc1cc(-c2ccc(Br)cc2C(F)(F)F)no1. The van der Waals surface area contributed by atoms with E-state index < -0.39 is 18.3 Å². The number of aliphatic hydroxyl groups excluding tert-OH is 1. The van der Waals surface area contributed by atoms with Gasteiger partial charge in [-0.1, -0.05) is 27.2 Å². The molecule has 0 spiro atoms. The first-order valence-electron chi connectivity index (χ1n) is 4.85. The Balaban J connectivity index is 2.56. The maximum absolute atomic E-state index is 12.9. The molecule has 0 saturated carbocycles. The van der Waals surface area contributed by atoms with Crippen LogP contribution in [0.2, 0.25) is 0 Å². The Labute approximate surface area is 108 Å². The molecule has 0 aliphatic carbocycles. The van der Waals surface area contributed by atoms with E-state index in [0.29, 0.717) is 4.47 Å². The predicted molar refractivity (Wildman–Crippen MR) is 60.6 cm³/mol. The smallest absolute Gasteiger partial charge is 0.388 e. The second-order valence-electron chi connectivity index (χ2n) is 3.52. The van der Waals surface area contributed by atoms with Crippen LogP contribution in [0.5, 0.6) is 0 Å². The van der Waals surface area contributed by atoms with Crippen molar-refractivity contribution >= 4 is 15.9 Å². The maximum Gasteiger partial charge on any atom is 0.417 e. The summed E-state index contributed by atoms with van der Waals surface area (Å²) in [6.07, 6.45) is -4.49. The van der Waals surface area contributed by atoms with Crippen LogP contribution >= 0.6 is 15.9 Å². The lowest BCUT2D eigenvalue weighted by Crippen LogP contribution is -2.07. The first-order chi connectivity index (χ1) is 8.41. The molecule has 0 unspecified atom stereocenters. The molecule has 0 fully saturated rings. The van der Waals surface area contributed by atoms with Crippen molar-refractivity contribution in [3.05, 3.63) is 40.1 Å². The number of nitrogens with zero attached hydrogens (tertiary/aromatic N) is 1. The molecule has 3 nitrogen and oxygen atoms in total. The molecule has 0 amide bonds. The minimum atomic E-state index is -4.49. The zero-order valence-corrected chi connectivity index (χ0v) is 10.4. The van der Waals surface area contributed by atoms with Gasteiger partial charge >= 0.3 is 6.18 Å². The van der Waals surface area contributed by atoms with Crippen LogP contribution in [-0.2, 0) is 12.8 Å². The molecule has 1 N–H and O–H groups in total. The molecule has 0 saturated heterocycles. The molecular weight excluding hydrogens is 315 g/mol. The number of alkyl halides is 3. The Kier molecular flexibility index (Phi) is 3.45. The van der Waals surface area contributed by atoms with Gasteiger partial charge in [-0.05, 0) is 12.1 Å². The fourth-order valence-electron chi connectivity index (χ4n) is 1.49. The molecule has 96 valence electrons. The molecule has 18 heavy (non-hydrogen) atoms. The Hall–Kier alpha value is -1.34. The highest BCUT2D eigenvalue weighted by Gasteiger charge is 2.34. The summed E-state index contributed by atoms with van der Waals surface area (Å²) in [7, 11) is 0. The van der Waals surface area contributed by atoms with E-state index in [1.54, 1.807) is 0 Å². The second kappa shape index (κ2) is 4.74. The molecule has 0 aliphatic heterocycles. The summed E-state index contributed by atoms with van der Waals surface area (Å²) >= 11 is 3.00. The zero-order valence-electron chi connectivity index (χ0n) is 8.83. The standard InChI is InChI=1S/C11H7BrF3NO2/c12-6-1-2-8(9(3-6)11(13,14)15)10-4-7(5-17)18-16-10/h1-4,17H,5H2. The summed E-state index contributed by atoms with van der Waals surface area (Å²) in [4.78, 5) is 0. The summed E-state index contributed by atoms with van der Waals surface area (Å²) in [5.41, 5.74) is -0.859. The third-order valence-electron chi connectivity index (χ3n) is 2.28. The molecule has 1 heterocycles. The van der Waals surface area contributed by atoms with Crippen molar-refractivity contribution < 1.29 is 22.8 Å². The van der Waals surface area contributed by atoms with Gasteiger partial charge in [-0.25, -0.2) is 0 Å². The van der Waals surface area contributed by atoms with Gasteiger partial charge in [0.05, 0.1) is 5.56 Å². The summed E-state index contributed by atoms with van der Waals surface area (Å²) < 4.78 is 43.6. The van der Waals surface area contributed by atoms with Crippen molar-refractivity contribution in [3.63, 3.8) is 0 Å². The third kappa shape index (κ3) is 2.56. The van der Waals surface area contributed by atoms with Crippen LogP contribution in [0, 0.1) is 0 Å².